The van der Waals surface area contributed by atoms with Crippen LogP contribution in [0.1, 0.15) is 183 Å². The minimum absolute atomic E-state index is 0. The molecule has 0 heterocycles. The molecule has 0 unspecified atom stereocenters. The molecule has 0 rings (SSSR count). The van der Waals surface area contributed by atoms with E-state index in [1.54, 1.807) is 0 Å². The fourth-order valence-corrected chi connectivity index (χ4v) is 0.707. The molecular formula is C27H74. The van der Waals surface area contributed by atoms with E-state index in [4.69, 9.17) is 0 Å². The summed E-state index contributed by atoms with van der Waals surface area (Å²) in [5.74, 6) is 0. The molecule has 0 nitrogen and oxygen atoms in total. The van der Waals surface area contributed by atoms with Gasteiger partial charge in [0, 0.05) is 0 Å². The van der Waals surface area contributed by atoms with Crippen molar-refractivity contribution in [2.24, 2.45) is 0 Å². The first-order chi connectivity index (χ1) is 11.0. The maximum Gasteiger partial charge on any atom is -0.0538 e. The molecule has 0 amide bonds. The summed E-state index contributed by atoms with van der Waals surface area (Å²) in [4.78, 5) is 0. The maximum absolute atomic E-state index is 2.21. The van der Waals surface area contributed by atoms with Gasteiger partial charge in [0.1, 0.15) is 0 Å². The predicted molar refractivity (Wildman–Crippen MR) is 146 cm³/mol. The maximum atomic E-state index is 2.21. The average Bonchev–Trinajstić information content (AvgIpc) is 2.52. The SMILES string of the molecule is C.C.C.C.CCC.CCC.CCC.CCCC.CCCCC.CCCCC. The zero-order valence-corrected chi connectivity index (χ0v) is 19.8. The van der Waals surface area contributed by atoms with Crippen molar-refractivity contribution in [1.29, 1.82) is 0 Å². The Morgan fingerprint density at radius 2 is 0.370 bits per heavy atom. The Morgan fingerprint density at radius 3 is 0.370 bits per heavy atom. The summed E-state index contributed by atoms with van der Waals surface area (Å²) in [6.07, 6.45) is 14.5. The molecule has 0 saturated carbocycles. The lowest BCUT2D eigenvalue weighted by Gasteiger charge is -1.79. The summed E-state index contributed by atoms with van der Waals surface area (Å²) in [6, 6.07) is 0. The molecule has 0 aliphatic heterocycles. The van der Waals surface area contributed by atoms with Crippen molar-refractivity contribution < 1.29 is 0 Å². The van der Waals surface area contributed by atoms with Gasteiger partial charge < -0.3 is 0 Å². The molecule has 0 radical (unpaired) electrons. The monoisotopic (exact) mass is 399 g/mol. The van der Waals surface area contributed by atoms with Crippen LogP contribution in [-0.4, -0.2) is 0 Å². The van der Waals surface area contributed by atoms with Gasteiger partial charge in [-0.15, -0.1) is 0 Å². The van der Waals surface area contributed by atoms with Crippen LogP contribution in [0.15, 0.2) is 0 Å². The van der Waals surface area contributed by atoms with Gasteiger partial charge in [-0.3, -0.25) is 0 Å². The number of hydrogen-bond acceptors (Lipinski definition) is 0. The van der Waals surface area contributed by atoms with Gasteiger partial charge in [-0.25, -0.2) is 0 Å². The minimum atomic E-state index is 0. The van der Waals surface area contributed by atoms with Crippen LogP contribution >= 0.6 is 0 Å². The van der Waals surface area contributed by atoms with Crippen LogP contribution in [0, 0.1) is 0 Å². The topological polar surface area (TPSA) is 0 Å². The Balaban J connectivity index is -0.0000000158. The van der Waals surface area contributed by atoms with Crippen molar-refractivity contribution in [1.82, 2.24) is 0 Å². The Labute approximate surface area is 183 Å². The second-order valence-corrected chi connectivity index (χ2v) is 5.83. The molecule has 0 aromatic carbocycles. The number of unbranched alkanes of at least 4 members (excludes halogenated alkanes) is 5. The smallest absolute Gasteiger partial charge is 0.0538 e. The molecule has 0 N–H and O–H groups in total. The normalized spacial score (nSPS) is 6.22. The van der Waals surface area contributed by atoms with E-state index in [1.807, 2.05) is 0 Å². The van der Waals surface area contributed by atoms with Crippen molar-refractivity contribution in [2.45, 2.75) is 183 Å². The third-order valence-corrected chi connectivity index (χ3v) is 1.91. The van der Waals surface area contributed by atoms with Crippen LogP contribution in [0.2, 0.25) is 0 Å². The van der Waals surface area contributed by atoms with Crippen LogP contribution in [-0.2, 0) is 0 Å². The molecule has 0 heteroatoms. The van der Waals surface area contributed by atoms with Crippen molar-refractivity contribution >= 4 is 0 Å². The lowest BCUT2D eigenvalue weighted by Crippen LogP contribution is -1.59. The Morgan fingerprint density at radius 1 is 0.259 bits per heavy atom. The Hall–Kier alpha value is 0. The van der Waals surface area contributed by atoms with Crippen LogP contribution in [0.4, 0.5) is 0 Å². The summed E-state index contributed by atoms with van der Waals surface area (Å²) in [5, 5.41) is 0. The van der Waals surface area contributed by atoms with E-state index in [0.29, 0.717) is 0 Å². The quantitative estimate of drug-likeness (QED) is 0.431. The Bertz CT molecular complexity index is 59.4. The van der Waals surface area contributed by atoms with Gasteiger partial charge in [0.2, 0.25) is 0 Å². The number of rotatable bonds is 5. The zero-order valence-electron chi connectivity index (χ0n) is 19.8. The van der Waals surface area contributed by atoms with Crippen molar-refractivity contribution in [2.75, 3.05) is 0 Å². The molecule has 0 spiro atoms. The van der Waals surface area contributed by atoms with Crippen molar-refractivity contribution in [3.63, 3.8) is 0 Å². The van der Waals surface area contributed by atoms with E-state index in [1.165, 1.54) is 70.6 Å². The molecule has 27 heavy (non-hydrogen) atoms. The summed E-state index contributed by atoms with van der Waals surface area (Å²) in [5.41, 5.74) is 0. The minimum Gasteiger partial charge on any atom is -0.0776 e. The standard InChI is InChI=1S/2C5H12.C4H10.3C3H8.4CH4/c2*1-3-5-4-2;1-3-4-2;3*1-3-2;;;;/h2*3-5H2,1-2H3;3-4H2,1-2H3;3*3H2,1-2H3;4*1H4. The third-order valence-electron chi connectivity index (χ3n) is 1.91. The first-order valence-electron chi connectivity index (χ1n) is 11.0. The highest BCUT2D eigenvalue weighted by Gasteiger charge is 1.68. The highest BCUT2D eigenvalue weighted by molar-refractivity contribution is 4.24. The molecule has 0 bridgehead atoms. The van der Waals surface area contributed by atoms with E-state index < -0.39 is 0 Å². The second-order valence-electron chi connectivity index (χ2n) is 5.83. The molecule has 182 valence electrons. The molecule has 0 atom stereocenters. The van der Waals surface area contributed by atoms with Gasteiger partial charge in [0.25, 0.3) is 0 Å². The van der Waals surface area contributed by atoms with E-state index in [0.717, 1.165) is 0 Å². The fourth-order valence-electron chi connectivity index (χ4n) is 0.707. The van der Waals surface area contributed by atoms with Gasteiger partial charge in [-0.2, -0.15) is 0 Å². The van der Waals surface area contributed by atoms with Crippen LogP contribution in [0.25, 0.3) is 0 Å². The van der Waals surface area contributed by atoms with E-state index in [9.17, 15) is 0 Å². The molecule has 0 aromatic rings. The zero-order chi connectivity index (χ0) is 19.8. The van der Waals surface area contributed by atoms with Crippen LogP contribution in [0.3, 0.4) is 0 Å². The molecule has 0 aliphatic rings. The lowest BCUT2D eigenvalue weighted by atomic mass is 10.3. The van der Waals surface area contributed by atoms with Crippen molar-refractivity contribution in [3.8, 4) is 0 Å². The highest BCUT2D eigenvalue weighted by Crippen LogP contribution is 1.88. The van der Waals surface area contributed by atoms with E-state index >= 15 is 0 Å². The average molecular weight is 399 g/mol. The van der Waals surface area contributed by atoms with Gasteiger partial charge in [-0.1, -0.05) is 183 Å². The number of hydrogen-bond donors (Lipinski definition) is 0. The highest BCUT2D eigenvalue weighted by atomic mass is 13.8. The van der Waals surface area contributed by atoms with Crippen LogP contribution in [0.5, 0.6) is 0 Å². The molecule has 0 fully saturated rings. The summed E-state index contributed by atoms with van der Waals surface area (Å²) < 4.78 is 0. The summed E-state index contributed by atoms with van der Waals surface area (Å²) >= 11 is 0. The molecule has 0 saturated heterocycles. The van der Waals surface area contributed by atoms with Crippen molar-refractivity contribution in [3.05, 3.63) is 0 Å². The van der Waals surface area contributed by atoms with E-state index in [-0.39, 0.29) is 29.7 Å². The molecule has 0 aliphatic carbocycles. The first kappa shape index (κ1) is 63.2. The van der Waals surface area contributed by atoms with Crippen LogP contribution < -0.4 is 0 Å². The van der Waals surface area contributed by atoms with Gasteiger partial charge >= 0.3 is 0 Å². The Kier molecular flexibility index (Phi) is 314. The second kappa shape index (κ2) is 134. The third kappa shape index (κ3) is 599. The van der Waals surface area contributed by atoms with Gasteiger partial charge in [-0.05, 0) is 0 Å². The first-order valence-corrected chi connectivity index (χ1v) is 11.0. The molecule has 0 aromatic heterocycles. The fraction of sp³-hybridized carbons (Fsp3) is 1.00. The predicted octanol–water partition coefficient (Wildman–Crippen LogP) is 13.0. The van der Waals surface area contributed by atoms with E-state index in [2.05, 4.69) is 83.1 Å². The van der Waals surface area contributed by atoms with Gasteiger partial charge in [0.15, 0.2) is 0 Å². The summed E-state index contributed by atoms with van der Waals surface area (Å²) in [7, 11) is 0. The largest absolute Gasteiger partial charge is 0.0776 e. The summed E-state index contributed by atoms with van der Waals surface area (Å²) in [6.45, 7) is 26.0. The van der Waals surface area contributed by atoms with Gasteiger partial charge in [0.05, 0.1) is 0 Å². The lowest BCUT2D eigenvalue weighted by molar-refractivity contribution is 0.772. The molecular weight excluding hydrogens is 324 g/mol.